The molecule has 46 heteroatoms. The Morgan fingerprint density at radius 2 is 0.826 bits per heavy atom. The predicted molar refractivity (Wildman–Crippen MR) is 474 cm³/mol. The number of nitrogens with two attached hydrogens (primary N) is 1. The number of aryl methyl sites for hydroxylation is 1. The molecule has 0 saturated heterocycles. The number of carbonyl (C=O) groups is 18. The van der Waals surface area contributed by atoms with E-state index in [2.05, 4.69) is 79.8 Å². The second-order valence-corrected chi connectivity index (χ2v) is 32.9. The highest BCUT2D eigenvalue weighted by molar-refractivity contribution is 8.00. The average molecular weight is 1880 g/mol. The molecule has 4 rings (SSSR count). The molecule has 0 saturated carbocycles. The molecular weight excluding hydrogens is 1750 g/mol. The maximum absolute atomic E-state index is 14.7. The van der Waals surface area contributed by atoms with Crippen LogP contribution < -0.4 is 91.0 Å². The Bertz CT molecular complexity index is 4640. The normalized spacial score (nSPS) is 14.7. The van der Waals surface area contributed by atoms with Gasteiger partial charge in [-0.25, -0.2) is 0 Å². The first kappa shape index (κ1) is 111. The highest BCUT2D eigenvalue weighted by Crippen LogP contribution is 2.18. The lowest BCUT2D eigenvalue weighted by Crippen LogP contribution is -2.63. The average Bonchev–Trinajstić information content (AvgIpc) is 0.971. The van der Waals surface area contributed by atoms with Gasteiger partial charge in [0.05, 0.1) is 56.3 Å². The number of carboxylic acid groups (broad SMARTS) is 3. The van der Waals surface area contributed by atoms with Crippen LogP contribution in [0.5, 0.6) is 11.5 Å². The third-order valence-corrected chi connectivity index (χ3v) is 21.4. The van der Waals surface area contributed by atoms with Gasteiger partial charge in [-0.05, 0) is 119 Å². The van der Waals surface area contributed by atoms with Gasteiger partial charge in [-0.1, -0.05) is 101 Å². The zero-order valence-corrected chi connectivity index (χ0v) is 75.2. The van der Waals surface area contributed by atoms with Gasteiger partial charge in [-0.15, -0.1) is 11.8 Å². The number of phenolic OH excluding ortho intramolecular Hbond substituents is 2. The highest BCUT2D eigenvalue weighted by atomic mass is 32.2. The van der Waals surface area contributed by atoms with Gasteiger partial charge >= 0.3 is 17.9 Å². The summed E-state index contributed by atoms with van der Waals surface area (Å²) in [6.45, 7) is 9.16. The van der Waals surface area contributed by atoms with Gasteiger partial charge in [0.25, 0.3) is 5.56 Å². The second-order valence-electron chi connectivity index (χ2n) is 32.0. The quantitative estimate of drug-likeness (QED) is 0.0183. The number of hydrogen-bond acceptors (Lipinski definition) is 27. The standard InChI is InChI=1S/C86H123N17O28S/c1-9-46(4)72(84(129)96-59(37-53-23-27-55(109)28-24-53)78(123)92-57(34-45(2)3)77(122)94-61(38-70(116)117)76(121)90-47(5)16-13-14-31-87)101-83(128)64(42-105)98-79(124)58(36-52-21-25-54(108)26-22-52)93-80(125)62(39-71(118)119)95-82(127)63(41-104)99-86(131)74(50(8)107)102-81(126)60(35-51-18-11-10-12-19-51)97-85(130)73(49(7)106)100-65(110)40-89-75(120)56(29-30-69(114)115)91-67(112)44-132-43-66(111)88-32-33-103-48(6)17-15-20-68(103)113/h10-12,15,17-28,45-47,49-50,56-64,72-74,104-109H,9,13-14,16,29-44,87H2,1-8H3,(H,88,111)(H,89,120)(H,90,121)(H,91,112)(H,92,123)(H,93,125)(H,94,122)(H,95,127)(H,96,129)(H,97,130)(H,98,124)(H,99,131)(H,100,110)(H,101,128)(H,102,126)(H,114,115)(H,116,117)(H,118,119)/t46-,47+,49+,50+,56-,57-,58-,59-,60-,61-,62-,63-,64-,72-,73-,74-/m0/s1. The summed E-state index contributed by atoms with van der Waals surface area (Å²) in [5.41, 5.74) is 6.88. The van der Waals surface area contributed by atoms with Gasteiger partial charge in [-0.3, -0.25) is 91.1 Å². The number of nitrogens with zero attached hydrogens (tertiary/aromatic N) is 1. The van der Waals surface area contributed by atoms with E-state index in [1.54, 1.807) is 65.0 Å². The van der Waals surface area contributed by atoms with Crippen molar-refractivity contribution in [1.29, 1.82) is 0 Å². The molecule has 0 unspecified atom stereocenters. The Balaban J connectivity index is 1.53. The van der Waals surface area contributed by atoms with Crippen LogP contribution in [0.4, 0.5) is 0 Å². The van der Waals surface area contributed by atoms with Crippen LogP contribution in [0.3, 0.4) is 0 Å². The van der Waals surface area contributed by atoms with E-state index in [1.165, 1.54) is 78.2 Å². The van der Waals surface area contributed by atoms with E-state index in [0.717, 1.165) is 25.6 Å². The molecule has 726 valence electrons. The minimum absolute atomic E-state index is 0.0793. The molecule has 1 heterocycles. The fourth-order valence-corrected chi connectivity index (χ4v) is 13.7. The van der Waals surface area contributed by atoms with Gasteiger partial charge in [0.1, 0.15) is 84.0 Å². The van der Waals surface area contributed by atoms with E-state index in [0.29, 0.717) is 42.6 Å². The molecule has 26 N–H and O–H groups in total. The van der Waals surface area contributed by atoms with Crippen LogP contribution in [0, 0.1) is 18.8 Å². The highest BCUT2D eigenvalue weighted by Gasteiger charge is 2.40. The molecule has 0 aliphatic carbocycles. The second kappa shape index (κ2) is 57.1. The lowest BCUT2D eigenvalue weighted by molar-refractivity contribution is -0.142. The van der Waals surface area contributed by atoms with Crippen molar-refractivity contribution < 1.29 is 132 Å². The lowest BCUT2D eigenvalue weighted by atomic mass is 9.96. The Morgan fingerprint density at radius 1 is 0.409 bits per heavy atom. The first-order valence-electron chi connectivity index (χ1n) is 42.6. The largest absolute Gasteiger partial charge is 0.508 e. The monoisotopic (exact) mass is 1870 g/mol. The van der Waals surface area contributed by atoms with Crippen LogP contribution in [-0.4, -0.2) is 292 Å². The van der Waals surface area contributed by atoms with Crippen molar-refractivity contribution >= 4 is 118 Å². The third kappa shape index (κ3) is 40.0. The topological polar surface area (TPSA) is 718 Å². The summed E-state index contributed by atoms with van der Waals surface area (Å²) in [6, 6.07) is 0.382. The Labute approximate surface area is 764 Å². The number of aliphatic hydroxyl groups is 4. The number of pyridine rings is 1. The van der Waals surface area contributed by atoms with Crippen LogP contribution in [0.1, 0.15) is 129 Å². The van der Waals surface area contributed by atoms with Crippen LogP contribution in [0.25, 0.3) is 0 Å². The lowest BCUT2D eigenvalue weighted by Gasteiger charge is -2.30. The molecule has 0 spiro atoms. The van der Waals surface area contributed by atoms with Crippen molar-refractivity contribution in [2.45, 2.75) is 230 Å². The Hall–Kier alpha value is -13.2. The van der Waals surface area contributed by atoms with Gasteiger partial charge in [-0.2, -0.15) is 0 Å². The number of aromatic hydroxyl groups is 2. The molecule has 0 bridgehead atoms. The molecule has 0 aliphatic rings. The number of carbonyl (C=O) groups excluding carboxylic acids is 15. The third-order valence-electron chi connectivity index (χ3n) is 20.5. The molecule has 15 amide bonds. The van der Waals surface area contributed by atoms with Gasteiger partial charge in [0, 0.05) is 56.6 Å². The fraction of sp³-hybridized carbons (Fsp3) is 0.523. The number of carboxylic acids is 3. The van der Waals surface area contributed by atoms with E-state index in [-0.39, 0.29) is 72.4 Å². The first-order valence-corrected chi connectivity index (χ1v) is 43.8. The molecule has 45 nitrogen and oxygen atoms in total. The van der Waals surface area contributed by atoms with Crippen molar-refractivity contribution in [3.63, 3.8) is 0 Å². The van der Waals surface area contributed by atoms with E-state index >= 15 is 0 Å². The number of hydrogen-bond donors (Lipinski definition) is 25. The summed E-state index contributed by atoms with van der Waals surface area (Å²) in [5, 5.41) is 128. The molecule has 16 atom stereocenters. The van der Waals surface area contributed by atoms with E-state index in [9.17, 15) is 137 Å². The Kier molecular flexibility index (Phi) is 48.1. The summed E-state index contributed by atoms with van der Waals surface area (Å²) in [6.07, 6.45) is -6.38. The zero-order valence-electron chi connectivity index (χ0n) is 74.4. The zero-order chi connectivity index (χ0) is 98.6. The number of benzene rings is 3. The molecular formula is C86H123N17O28S. The van der Waals surface area contributed by atoms with Crippen LogP contribution in [0.2, 0.25) is 0 Å². The van der Waals surface area contributed by atoms with Gasteiger partial charge in [0.2, 0.25) is 88.6 Å². The van der Waals surface area contributed by atoms with Crippen molar-refractivity contribution in [3.05, 3.63) is 130 Å². The Morgan fingerprint density at radius 3 is 1.30 bits per heavy atom. The maximum Gasteiger partial charge on any atom is 0.305 e. The number of aliphatic hydroxyl groups excluding tert-OH is 4. The van der Waals surface area contributed by atoms with E-state index in [1.807, 2.05) is 0 Å². The van der Waals surface area contributed by atoms with Crippen molar-refractivity contribution in [3.8, 4) is 11.5 Å². The van der Waals surface area contributed by atoms with Gasteiger partial charge < -0.3 is 136 Å². The molecule has 0 aliphatic heterocycles. The molecule has 0 radical (unpaired) electrons. The van der Waals surface area contributed by atoms with Crippen LogP contribution in [-0.2, 0) is 112 Å². The summed E-state index contributed by atoms with van der Waals surface area (Å²) >= 11 is 0.843. The van der Waals surface area contributed by atoms with E-state index < -0.39 is 261 Å². The molecule has 132 heavy (non-hydrogen) atoms. The van der Waals surface area contributed by atoms with Crippen molar-refractivity contribution in [1.82, 2.24) is 84.3 Å². The number of aliphatic carboxylic acids is 3. The number of thioether (sulfide) groups is 1. The molecule has 3 aromatic carbocycles. The SMILES string of the molecule is CC[C@H](C)[C@H](NC(=O)[C@H](CO)NC(=O)[C@H](Cc1ccc(O)cc1)NC(=O)[C@H](CC(=O)O)NC(=O)[C@H](CO)NC(=O)[C@@H](NC(=O)[C@H](Cc1ccccc1)NC(=O)[C@@H](NC(=O)CNC(=O)[C@H](CCC(=O)O)NC(=O)CSCC(=O)NCCn1c(C)cccc1=O)[C@@H](C)O)[C@@H](C)O)C(=O)N[C@@H](Cc1ccc(O)cc1)C(=O)N[C@@H](CC(C)C)C(=O)N[C@@H](CC(=O)O)C(=O)N[C@H](C)CCCCN. The maximum atomic E-state index is 14.7. The smallest absolute Gasteiger partial charge is 0.305 e. The number of unbranched alkanes of at least 4 members (excludes halogenated alkanes) is 1. The van der Waals surface area contributed by atoms with Crippen molar-refractivity contribution in [2.75, 3.05) is 44.4 Å². The fourth-order valence-electron chi connectivity index (χ4n) is 13.0. The summed E-state index contributed by atoms with van der Waals surface area (Å²) in [7, 11) is 0. The molecule has 1 aromatic heterocycles. The summed E-state index contributed by atoms with van der Waals surface area (Å²) in [5.74, 6) is -23.5. The number of phenols is 2. The van der Waals surface area contributed by atoms with Crippen LogP contribution in [0.15, 0.2) is 102 Å². The predicted octanol–water partition coefficient (Wildman–Crippen LogP) is -5.63. The summed E-state index contributed by atoms with van der Waals surface area (Å²) in [4.78, 5) is 258. The van der Waals surface area contributed by atoms with Crippen molar-refractivity contribution in [2.24, 2.45) is 17.6 Å². The molecule has 4 aromatic rings. The first-order chi connectivity index (χ1) is 62.4. The van der Waals surface area contributed by atoms with Crippen LogP contribution >= 0.6 is 11.8 Å². The number of aromatic nitrogens is 1. The number of amides is 15. The minimum Gasteiger partial charge on any atom is -0.508 e. The number of rotatable bonds is 59. The van der Waals surface area contributed by atoms with E-state index in [4.69, 9.17) is 5.73 Å². The molecule has 0 fully saturated rings. The number of nitrogens with one attached hydrogen (secondary N) is 15. The minimum atomic E-state index is -2.23. The van der Waals surface area contributed by atoms with Gasteiger partial charge in [0.15, 0.2) is 0 Å². The summed E-state index contributed by atoms with van der Waals surface area (Å²) < 4.78 is 1.45.